The van der Waals surface area contributed by atoms with Gasteiger partial charge in [-0.05, 0) is 31.0 Å². The number of carbonyl (C=O) groups excluding carboxylic acids is 1. The third-order valence-corrected chi connectivity index (χ3v) is 3.46. The summed E-state index contributed by atoms with van der Waals surface area (Å²) in [6, 6.07) is 7.63. The summed E-state index contributed by atoms with van der Waals surface area (Å²) in [4.78, 5) is 11.8. The van der Waals surface area contributed by atoms with E-state index >= 15 is 0 Å². The highest BCUT2D eigenvalue weighted by molar-refractivity contribution is 5.76. The number of aryl methyl sites for hydroxylation is 2. The molecule has 0 saturated heterocycles. The van der Waals surface area contributed by atoms with Crippen molar-refractivity contribution in [3.63, 3.8) is 0 Å². The van der Waals surface area contributed by atoms with Crippen molar-refractivity contribution in [1.29, 1.82) is 0 Å². The summed E-state index contributed by atoms with van der Waals surface area (Å²) in [5.41, 5.74) is 1.92. The molecule has 1 N–H and O–H groups in total. The molecular weight excluding hydrogens is 284 g/mol. The first-order valence-corrected chi connectivity index (χ1v) is 7.28. The van der Waals surface area contributed by atoms with E-state index in [1.54, 1.807) is 0 Å². The molecule has 1 aromatic carbocycles. The highest BCUT2D eigenvalue weighted by atomic mass is 16.7. The van der Waals surface area contributed by atoms with Gasteiger partial charge in [0.25, 0.3) is 0 Å². The smallest absolute Gasteiger partial charge is 0.231 e. The van der Waals surface area contributed by atoms with E-state index in [-0.39, 0.29) is 12.7 Å². The first-order valence-electron chi connectivity index (χ1n) is 7.28. The van der Waals surface area contributed by atoms with E-state index in [1.165, 1.54) is 0 Å². The van der Waals surface area contributed by atoms with Crippen LogP contribution in [0.25, 0.3) is 0 Å². The summed E-state index contributed by atoms with van der Waals surface area (Å²) in [6.07, 6.45) is 1.79. The van der Waals surface area contributed by atoms with Gasteiger partial charge in [-0.15, -0.1) is 0 Å². The highest BCUT2D eigenvalue weighted by Crippen LogP contribution is 2.32. The Morgan fingerprint density at radius 3 is 2.91 bits per heavy atom. The summed E-state index contributed by atoms with van der Waals surface area (Å²) in [6.45, 7) is 2.67. The molecule has 6 nitrogen and oxygen atoms in total. The van der Waals surface area contributed by atoms with Crippen LogP contribution in [-0.2, 0) is 17.6 Å². The molecule has 0 spiro atoms. The lowest BCUT2D eigenvalue weighted by molar-refractivity contribution is -0.121. The Morgan fingerprint density at radius 1 is 1.23 bits per heavy atom. The van der Waals surface area contributed by atoms with Gasteiger partial charge in [0.1, 0.15) is 5.76 Å². The van der Waals surface area contributed by atoms with Crippen molar-refractivity contribution in [2.45, 2.75) is 26.2 Å². The molecule has 3 rings (SSSR count). The van der Waals surface area contributed by atoms with Crippen LogP contribution in [0.5, 0.6) is 11.5 Å². The maximum Gasteiger partial charge on any atom is 0.231 e. The van der Waals surface area contributed by atoms with E-state index in [2.05, 4.69) is 10.5 Å². The van der Waals surface area contributed by atoms with Crippen molar-refractivity contribution in [2.24, 2.45) is 0 Å². The first-order chi connectivity index (χ1) is 10.7. The highest BCUT2D eigenvalue weighted by Gasteiger charge is 2.13. The summed E-state index contributed by atoms with van der Waals surface area (Å²) < 4.78 is 15.6. The molecule has 1 aliphatic heterocycles. The lowest BCUT2D eigenvalue weighted by Crippen LogP contribution is -2.25. The molecule has 1 amide bonds. The van der Waals surface area contributed by atoms with Crippen molar-refractivity contribution in [3.8, 4) is 11.5 Å². The summed E-state index contributed by atoms with van der Waals surface area (Å²) in [5.74, 6) is 2.32. The molecule has 0 fully saturated rings. The number of nitrogens with one attached hydrogen (secondary N) is 1. The maximum absolute atomic E-state index is 11.8. The molecule has 116 valence electrons. The van der Waals surface area contributed by atoms with Crippen LogP contribution in [0.1, 0.15) is 23.4 Å². The quantitative estimate of drug-likeness (QED) is 0.883. The normalized spacial score (nSPS) is 12.4. The van der Waals surface area contributed by atoms with Crippen LogP contribution >= 0.6 is 0 Å². The van der Waals surface area contributed by atoms with E-state index in [1.807, 2.05) is 31.2 Å². The molecule has 0 radical (unpaired) electrons. The standard InChI is InChI=1S/C16H18N2O4/c1-11-8-13(18-22-11)6-7-17-16(19)5-3-12-2-4-14-15(9-12)21-10-20-14/h2,4,8-9H,3,5-7,10H2,1H3,(H,17,19). The van der Waals surface area contributed by atoms with Crippen molar-refractivity contribution >= 4 is 5.91 Å². The van der Waals surface area contributed by atoms with Gasteiger partial charge < -0.3 is 19.3 Å². The number of amides is 1. The number of aromatic nitrogens is 1. The van der Waals surface area contributed by atoms with E-state index in [0.717, 1.165) is 28.5 Å². The fraction of sp³-hybridized carbons (Fsp3) is 0.375. The minimum Gasteiger partial charge on any atom is -0.454 e. The van der Waals surface area contributed by atoms with Crippen molar-refractivity contribution < 1.29 is 18.8 Å². The van der Waals surface area contributed by atoms with Crippen LogP contribution in [-0.4, -0.2) is 24.4 Å². The van der Waals surface area contributed by atoms with E-state index in [9.17, 15) is 4.79 Å². The monoisotopic (exact) mass is 302 g/mol. The summed E-state index contributed by atoms with van der Waals surface area (Å²) >= 11 is 0. The lowest BCUT2D eigenvalue weighted by Gasteiger charge is -2.05. The van der Waals surface area contributed by atoms with Crippen molar-refractivity contribution in [1.82, 2.24) is 10.5 Å². The number of hydrogen-bond acceptors (Lipinski definition) is 5. The Balaban J connectivity index is 1.40. The average molecular weight is 302 g/mol. The minimum atomic E-state index is 0.0258. The van der Waals surface area contributed by atoms with Crippen molar-refractivity contribution in [2.75, 3.05) is 13.3 Å². The molecule has 1 aliphatic rings. The topological polar surface area (TPSA) is 73.6 Å². The Bertz CT molecular complexity index is 666. The number of nitrogens with zero attached hydrogens (tertiary/aromatic N) is 1. The Labute approximate surface area is 128 Å². The summed E-state index contributed by atoms with van der Waals surface area (Å²) in [5, 5.41) is 6.77. The molecule has 0 bridgehead atoms. The molecular formula is C16H18N2O4. The summed E-state index contributed by atoms with van der Waals surface area (Å²) in [7, 11) is 0. The van der Waals surface area contributed by atoms with Crippen LogP contribution in [0.15, 0.2) is 28.8 Å². The second-order valence-corrected chi connectivity index (χ2v) is 5.22. The van der Waals surface area contributed by atoms with Crippen LogP contribution in [0.4, 0.5) is 0 Å². The largest absolute Gasteiger partial charge is 0.454 e. The maximum atomic E-state index is 11.8. The zero-order chi connectivity index (χ0) is 15.4. The van der Waals surface area contributed by atoms with Crippen LogP contribution in [0, 0.1) is 6.92 Å². The molecule has 0 aliphatic carbocycles. The molecule has 0 unspecified atom stereocenters. The number of benzene rings is 1. The number of carbonyl (C=O) groups is 1. The molecule has 0 saturated carbocycles. The van der Waals surface area contributed by atoms with E-state index in [0.29, 0.717) is 25.8 Å². The van der Waals surface area contributed by atoms with Gasteiger partial charge in [-0.1, -0.05) is 11.2 Å². The Morgan fingerprint density at radius 2 is 2.09 bits per heavy atom. The second kappa shape index (κ2) is 6.51. The number of fused-ring (bicyclic) bond motifs is 1. The van der Waals surface area contributed by atoms with Crippen LogP contribution in [0.3, 0.4) is 0 Å². The van der Waals surface area contributed by atoms with Gasteiger partial charge >= 0.3 is 0 Å². The molecule has 22 heavy (non-hydrogen) atoms. The predicted octanol–water partition coefficient (Wildman–Crippen LogP) is 2.00. The van der Waals surface area contributed by atoms with Gasteiger partial charge in [0.05, 0.1) is 5.69 Å². The average Bonchev–Trinajstić information content (AvgIpc) is 3.13. The van der Waals surface area contributed by atoms with Crippen molar-refractivity contribution in [3.05, 3.63) is 41.3 Å². The van der Waals surface area contributed by atoms with E-state index in [4.69, 9.17) is 14.0 Å². The molecule has 2 aromatic rings. The van der Waals surface area contributed by atoms with Gasteiger partial charge in [0.15, 0.2) is 11.5 Å². The SMILES string of the molecule is Cc1cc(CCNC(=O)CCc2ccc3c(c2)OCO3)no1. The van der Waals surface area contributed by atoms with Gasteiger partial charge in [-0.2, -0.15) is 0 Å². The van der Waals surface area contributed by atoms with Gasteiger partial charge in [-0.3, -0.25) is 4.79 Å². The first kappa shape index (κ1) is 14.4. The number of ether oxygens (including phenoxy) is 2. The fourth-order valence-electron chi connectivity index (χ4n) is 2.31. The van der Waals surface area contributed by atoms with Crippen LogP contribution < -0.4 is 14.8 Å². The molecule has 1 aromatic heterocycles. The van der Waals surface area contributed by atoms with Gasteiger partial charge in [0.2, 0.25) is 12.7 Å². The van der Waals surface area contributed by atoms with Gasteiger partial charge in [0, 0.05) is 25.5 Å². The fourth-order valence-corrected chi connectivity index (χ4v) is 2.31. The van der Waals surface area contributed by atoms with Gasteiger partial charge in [-0.25, -0.2) is 0 Å². The second-order valence-electron chi connectivity index (χ2n) is 5.22. The van der Waals surface area contributed by atoms with E-state index < -0.39 is 0 Å². The Kier molecular flexibility index (Phi) is 4.27. The zero-order valence-electron chi connectivity index (χ0n) is 12.4. The predicted molar refractivity (Wildman–Crippen MR) is 78.8 cm³/mol. The zero-order valence-corrected chi connectivity index (χ0v) is 12.4. The Hall–Kier alpha value is -2.50. The number of rotatable bonds is 6. The number of hydrogen-bond donors (Lipinski definition) is 1. The molecule has 0 atom stereocenters. The lowest BCUT2D eigenvalue weighted by atomic mass is 10.1. The third kappa shape index (κ3) is 3.58. The third-order valence-electron chi connectivity index (χ3n) is 3.46. The van der Waals surface area contributed by atoms with Crippen LogP contribution in [0.2, 0.25) is 0 Å². The molecule has 2 heterocycles. The molecule has 6 heteroatoms. The minimum absolute atomic E-state index is 0.0258.